The fourth-order valence-corrected chi connectivity index (χ4v) is 2.39. The molecule has 0 aromatic carbocycles. The summed E-state index contributed by atoms with van der Waals surface area (Å²) in [7, 11) is 0. The minimum Gasteiger partial charge on any atom is -0.316 e. The van der Waals surface area contributed by atoms with Crippen LogP contribution in [-0.4, -0.2) is 37.1 Å². The van der Waals surface area contributed by atoms with E-state index in [1.807, 2.05) is 0 Å². The zero-order valence-corrected chi connectivity index (χ0v) is 9.04. The lowest BCUT2D eigenvalue weighted by atomic mass is 9.99. The molecule has 2 rings (SSSR count). The summed E-state index contributed by atoms with van der Waals surface area (Å²) in [6.45, 7) is 8.66. The lowest BCUT2D eigenvalue weighted by Crippen LogP contribution is -2.39. The summed E-state index contributed by atoms with van der Waals surface area (Å²) in [6.07, 6.45) is 7.64. The summed E-state index contributed by atoms with van der Waals surface area (Å²) in [5.41, 5.74) is 0. The van der Waals surface area contributed by atoms with Crippen LogP contribution in [0.2, 0.25) is 0 Å². The highest BCUT2D eigenvalue weighted by molar-refractivity contribution is 4.89. The second-order valence-electron chi connectivity index (χ2n) is 4.69. The Morgan fingerprint density at radius 1 is 1.36 bits per heavy atom. The van der Waals surface area contributed by atoms with Crippen LogP contribution in [-0.2, 0) is 0 Å². The van der Waals surface area contributed by atoms with Gasteiger partial charge in [0.05, 0.1) is 0 Å². The van der Waals surface area contributed by atoms with Crippen molar-refractivity contribution in [3.8, 4) is 0 Å². The van der Waals surface area contributed by atoms with Crippen molar-refractivity contribution in [2.45, 2.75) is 31.7 Å². The molecule has 1 aliphatic carbocycles. The molecule has 0 bridgehead atoms. The molecular formula is C12H22N2. The monoisotopic (exact) mass is 194 g/mol. The van der Waals surface area contributed by atoms with E-state index < -0.39 is 0 Å². The summed E-state index contributed by atoms with van der Waals surface area (Å²) in [6, 6.07) is 0.884. The maximum atomic E-state index is 3.85. The van der Waals surface area contributed by atoms with Crippen LogP contribution >= 0.6 is 0 Å². The maximum absolute atomic E-state index is 3.85. The first-order chi connectivity index (χ1) is 6.90. The molecule has 1 aliphatic heterocycles. The van der Waals surface area contributed by atoms with Gasteiger partial charge in [-0.25, -0.2) is 0 Å². The van der Waals surface area contributed by atoms with E-state index in [4.69, 9.17) is 0 Å². The lowest BCUT2D eigenvalue weighted by Gasteiger charge is -2.29. The largest absolute Gasteiger partial charge is 0.316 e. The van der Waals surface area contributed by atoms with Crippen LogP contribution in [0, 0.1) is 5.92 Å². The van der Waals surface area contributed by atoms with Crippen LogP contribution in [0.1, 0.15) is 25.7 Å². The van der Waals surface area contributed by atoms with Crippen molar-refractivity contribution in [1.29, 1.82) is 0 Å². The molecule has 2 heteroatoms. The molecule has 1 unspecified atom stereocenters. The molecule has 80 valence electrons. The minimum atomic E-state index is 0.879. The molecule has 0 aromatic rings. The van der Waals surface area contributed by atoms with Gasteiger partial charge < -0.3 is 5.32 Å². The van der Waals surface area contributed by atoms with E-state index in [2.05, 4.69) is 22.9 Å². The van der Waals surface area contributed by atoms with Gasteiger partial charge in [0.15, 0.2) is 0 Å². The van der Waals surface area contributed by atoms with Crippen molar-refractivity contribution in [2.75, 3.05) is 26.2 Å². The van der Waals surface area contributed by atoms with E-state index in [-0.39, 0.29) is 0 Å². The van der Waals surface area contributed by atoms with E-state index >= 15 is 0 Å². The standard InChI is InChI=1S/C12H22N2/c1-2-8-14(12-5-6-12)10-11-4-3-7-13-9-11/h2,11-13H,1,3-10H2. The zero-order valence-electron chi connectivity index (χ0n) is 9.04. The normalized spacial score (nSPS) is 27.9. The Morgan fingerprint density at radius 2 is 2.21 bits per heavy atom. The number of piperidine rings is 1. The van der Waals surface area contributed by atoms with E-state index in [0.29, 0.717) is 0 Å². The lowest BCUT2D eigenvalue weighted by molar-refractivity contribution is 0.217. The van der Waals surface area contributed by atoms with E-state index in [0.717, 1.165) is 18.5 Å². The third-order valence-corrected chi connectivity index (χ3v) is 3.32. The average Bonchev–Trinajstić information content (AvgIpc) is 3.02. The molecule has 1 saturated heterocycles. The molecular weight excluding hydrogens is 172 g/mol. The molecule has 0 amide bonds. The van der Waals surface area contributed by atoms with E-state index in [1.54, 1.807) is 0 Å². The molecule has 1 heterocycles. The topological polar surface area (TPSA) is 15.3 Å². The quantitative estimate of drug-likeness (QED) is 0.669. The fraction of sp³-hybridized carbons (Fsp3) is 0.833. The van der Waals surface area contributed by atoms with Crippen LogP contribution in [0.3, 0.4) is 0 Å². The van der Waals surface area contributed by atoms with Gasteiger partial charge >= 0.3 is 0 Å². The Labute approximate surface area is 87.4 Å². The summed E-state index contributed by atoms with van der Waals surface area (Å²) >= 11 is 0. The zero-order chi connectivity index (χ0) is 9.80. The molecule has 1 saturated carbocycles. The van der Waals surface area contributed by atoms with Crippen LogP contribution in [0.15, 0.2) is 12.7 Å². The molecule has 1 atom stereocenters. The van der Waals surface area contributed by atoms with Crippen molar-refractivity contribution in [3.05, 3.63) is 12.7 Å². The first-order valence-corrected chi connectivity index (χ1v) is 5.96. The number of rotatable bonds is 5. The van der Waals surface area contributed by atoms with E-state index in [9.17, 15) is 0 Å². The Kier molecular flexibility index (Phi) is 3.60. The number of nitrogens with zero attached hydrogens (tertiary/aromatic N) is 1. The molecule has 2 aliphatic rings. The Morgan fingerprint density at radius 3 is 2.79 bits per heavy atom. The molecule has 2 fully saturated rings. The summed E-state index contributed by atoms with van der Waals surface area (Å²) < 4.78 is 0. The van der Waals surface area contributed by atoms with Crippen molar-refractivity contribution in [1.82, 2.24) is 10.2 Å². The highest BCUT2D eigenvalue weighted by Gasteiger charge is 2.29. The summed E-state index contributed by atoms with van der Waals surface area (Å²) in [5, 5.41) is 3.49. The smallest absolute Gasteiger partial charge is 0.0163 e. The van der Waals surface area contributed by atoms with Crippen molar-refractivity contribution >= 4 is 0 Å². The molecule has 2 nitrogen and oxygen atoms in total. The van der Waals surface area contributed by atoms with Crippen LogP contribution < -0.4 is 5.32 Å². The van der Waals surface area contributed by atoms with Gasteiger partial charge in [0.25, 0.3) is 0 Å². The Bertz CT molecular complexity index is 181. The Balaban J connectivity index is 1.76. The van der Waals surface area contributed by atoms with Gasteiger partial charge in [-0.2, -0.15) is 0 Å². The second kappa shape index (κ2) is 4.94. The van der Waals surface area contributed by atoms with Crippen LogP contribution in [0.5, 0.6) is 0 Å². The third kappa shape index (κ3) is 2.82. The maximum Gasteiger partial charge on any atom is 0.0163 e. The van der Waals surface area contributed by atoms with Gasteiger partial charge in [0.2, 0.25) is 0 Å². The summed E-state index contributed by atoms with van der Waals surface area (Å²) in [5.74, 6) is 0.879. The number of nitrogens with one attached hydrogen (secondary N) is 1. The van der Waals surface area contributed by atoms with Gasteiger partial charge in [-0.05, 0) is 44.7 Å². The summed E-state index contributed by atoms with van der Waals surface area (Å²) in [4.78, 5) is 2.62. The second-order valence-corrected chi connectivity index (χ2v) is 4.69. The van der Waals surface area contributed by atoms with Crippen molar-refractivity contribution in [2.24, 2.45) is 5.92 Å². The molecule has 1 N–H and O–H groups in total. The van der Waals surface area contributed by atoms with Crippen LogP contribution in [0.25, 0.3) is 0 Å². The first-order valence-electron chi connectivity index (χ1n) is 5.96. The van der Waals surface area contributed by atoms with Gasteiger partial charge in [0.1, 0.15) is 0 Å². The number of hydrogen-bond donors (Lipinski definition) is 1. The average molecular weight is 194 g/mol. The molecule has 0 radical (unpaired) electrons. The predicted octanol–water partition coefficient (Wildman–Crippen LogP) is 1.64. The van der Waals surface area contributed by atoms with Gasteiger partial charge in [-0.15, -0.1) is 6.58 Å². The third-order valence-electron chi connectivity index (χ3n) is 3.32. The highest BCUT2D eigenvalue weighted by Crippen LogP contribution is 2.28. The number of hydrogen-bond acceptors (Lipinski definition) is 2. The molecule has 0 aromatic heterocycles. The van der Waals surface area contributed by atoms with Gasteiger partial charge in [-0.3, -0.25) is 4.90 Å². The highest BCUT2D eigenvalue weighted by atomic mass is 15.2. The van der Waals surface area contributed by atoms with Crippen molar-refractivity contribution < 1.29 is 0 Å². The first kappa shape index (κ1) is 10.2. The van der Waals surface area contributed by atoms with Crippen molar-refractivity contribution in [3.63, 3.8) is 0 Å². The van der Waals surface area contributed by atoms with E-state index in [1.165, 1.54) is 45.3 Å². The van der Waals surface area contributed by atoms with Crippen LogP contribution in [0.4, 0.5) is 0 Å². The van der Waals surface area contributed by atoms with Gasteiger partial charge in [0, 0.05) is 19.1 Å². The predicted molar refractivity (Wildman–Crippen MR) is 60.4 cm³/mol. The van der Waals surface area contributed by atoms with Gasteiger partial charge in [-0.1, -0.05) is 6.08 Å². The molecule has 14 heavy (non-hydrogen) atoms. The Hall–Kier alpha value is -0.340. The SMILES string of the molecule is C=CCN(CC1CCCNC1)C1CC1. The molecule has 0 spiro atoms. The fourth-order valence-electron chi connectivity index (χ4n) is 2.39. The minimum absolute atomic E-state index is 0.879.